The minimum absolute atomic E-state index is 0.0940. The summed E-state index contributed by atoms with van der Waals surface area (Å²) in [5, 5.41) is 15.1. The Morgan fingerprint density at radius 2 is 1.91 bits per heavy atom. The number of methoxy groups -OCH3 is 1. The third-order valence-corrected chi connectivity index (χ3v) is 7.75. The summed E-state index contributed by atoms with van der Waals surface area (Å²) in [4.78, 5) is 32.3. The van der Waals surface area contributed by atoms with E-state index in [9.17, 15) is 14.9 Å². The fraction of sp³-hybridized carbons (Fsp3) is 0.394. The van der Waals surface area contributed by atoms with E-state index in [4.69, 9.17) is 23.6 Å². The Labute approximate surface area is 256 Å². The Kier molecular flexibility index (Phi) is 10.8. The SMILES string of the molecule is COc1ccc(C2N=C(c3ccco3)NC(COCCN3CCCCC3)=C2C(=O)OCCCc2ccccc2)cc1[N+](=O)[O-]. The van der Waals surface area contributed by atoms with Crippen molar-refractivity contribution in [2.45, 2.75) is 38.1 Å². The highest BCUT2D eigenvalue weighted by Crippen LogP contribution is 2.37. The highest BCUT2D eigenvalue weighted by Gasteiger charge is 2.34. The van der Waals surface area contributed by atoms with Crippen molar-refractivity contribution in [3.63, 3.8) is 0 Å². The molecule has 2 aromatic carbocycles. The Balaban J connectivity index is 1.42. The molecule has 44 heavy (non-hydrogen) atoms. The van der Waals surface area contributed by atoms with Gasteiger partial charge in [0.25, 0.3) is 0 Å². The smallest absolute Gasteiger partial charge is 0.338 e. The van der Waals surface area contributed by atoms with Gasteiger partial charge in [0.1, 0.15) is 6.04 Å². The van der Waals surface area contributed by atoms with Gasteiger partial charge in [0.15, 0.2) is 17.3 Å². The van der Waals surface area contributed by atoms with Crippen molar-refractivity contribution in [1.29, 1.82) is 0 Å². The summed E-state index contributed by atoms with van der Waals surface area (Å²) in [6, 6.07) is 17.1. The van der Waals surface area contributed by atoms with E-state index in [1.807, 2.05) is 30.3 Å². The maximum Gasteiger partial charge on any atom is 0.338 e. The lowest BCUT2D eigenvalue weighted by Crippen LogP contribution is -2.36. The minimum Gasteiger partial charge on any atom is -0.490 e. The number of esters is 1. The van der Waals surface area contributed by atoms with Gasteiger partial charge in [0.2, 0.25) is 0 Å². The van der Waals surface area contributed by atoms with Crippen LogP contribution in [0.3, 0.4) is 0 Å². The molecule has 0 saturated carbocycles. The van der Waals surface area contributed by atoms with E-state index < -0.39 is 16.9 Å². The largest absolute Gasteiger partial charge is 0.490 e. The molecule has 2 aliphatic rings. The second-order valence-corrected chi connectivity index (χ2v) is 10.7. The predicted molar refractivity (Wildman–Crippen MR) is 165 cm³/mol. The third-order valence-electron chi connectivity index (χ3n) is 7.75. The molecule has 1 atom stereocenters. The molecule has 3 heterocycles. The number of nitro benzene ring substituents is 1. The lowest BCUT2D eigenvalue weighted by molar-refractivity contribution is -0.385. The summed E-state index contributed by atoms with van der Waals surface area (Å²) in [6.07, 6.45) is 6.55. The van der Waals surface area contributed by atoms with E-state index in [-0.39, 0.29) is 30.2 Å². The van der Waals surface area contributed by atoms with E-state index >= 15 is 0 Å². The Morgan fingerprint density at radius 3 is 2.64 bits per heavy atom. The van der Waals surface area contributed by atoms with Gasteiger partial charge in [0.05, 0.1) is 49.4 Å². The van der Waals surface area contributed by atoms with Crippen molar-refractivity contribution in [3.05, 3.63) is 105 Å². The lowest BCUT2D eigenvalue weighted by Gasteiger charge is -2.28. The van der Waals surface area contributed by atoms with Crippen molar-refractivity contribution in [2.24, 2.45) is 4.99 Å². The summed E-state index contributed by atoms with van der Waals surface area (Å²) in [7, 11) is 1.37. The Morgan fingerprint density at radius 1 is 1.09 bits per heavy atom. The number of carbonyl (C=O) groups excluding carboxylic acids is 1. The van der Waals surface area contributed by atoms with Crippen LogP contribution < -0.4 is 10.1 Å². The van der Waals surface area contributed by atoms with Gasteiger partial charge < -0.3 is 28.8 Å². The molecule has 1 aromatic heterocycles. The van der Waals surface area contributed by atoms with Crippen LogP contribution >= 0.6 is 0 Å². The van der Waals surface area contributed by atoms with Gasteiger partial charge in [0, 0.05) is 12.6 Å². The quantitative estimate of drug-likeness (QED) is 0.114. The number of nitro groups is 1. The number of ether oxygens (including phenoxy) is 3. The number of likely N-dealkylation sites (tertiary alicyclic amines) is 1. The number of piperidine rings is 1. The van der Waals surface area contributed by atoms with E-state index in [2.05, 4.69) is 10.2 Å². The molecular formula is C33H38N4O7. The van der Waals surface area contributed by atoms with Gasteiger partial charge >= 0.3 is 11.7 Å². The minimum atomic E-state index is -0.914. The van der Waals surface area contributed by atoms with Crippen LogP contribution in [0.2, 0.25) is 0 Å². The summed E-state index contributed by atoms with van der Waals surface area (Å²) in [5.41, 5.74) is 2.07. The first kappa shape index (κ1) is 31.0. The van der Waals surface area contributed by atoms with E-state index in [0.29, 0.717) is 35.9 Å². The van der Waals surface area contributed by atoms with Crippen LogP contribution in [-0.2, 0) is 20.7 Å². The number of benzene rings is 2. The number of hydrogen-bond donors (Lipinski definition) is 1. The van der Waals surface area contributed by atoms with Crippen molar-refractivity contribution in [3.8, 4) is 5.75 Å². The van der Waals surface area contributed by atoms with E-state index in [1.165, 1.54) is 44.8 Å². The van der Waals surface area contributed by atoms with Crippen LogP contribution in [0.15, 0.2) is 87.6 Å². The van der Waals surface area contributed by atoms with Gasteiger partial charge in [-0.3, -0.25) is 15.1 Å². The Hall–Kier alpha value is -4.48. The first-order valence-corrected chi connectivity index (χ1v) is 15.0. The molecule has 1 fully saturated rings. The molecule has 11 heteroatoms. The molecule has 232 valence electrons. The fourth-order valence-electron chi connectivity index (χ4n) is 5.46. The summed E-state index contributed by atoms with van der Waals surface area (Å²) in [5.74, 6) is 0.386. The van der Waals surface area contributed by atoms with Crippen LogP contribution in [0.25, 0.3) is 0 Å². The molecule has 1 N–H and O–H groups in total. The molecule has 3 aromatic rings. The van der Waals surface area contributed by atoms with Gasteiger partial charge in [-0.15, -0.1) is 0 Å². The summed E-state index contributed by atoms with van der Waals surface area (Å²) in [6.45, 7) is 3.68. The number of aliphatic imine (C=N–C) groups is 1. The molecule has 5 rings (SSSR count). The van der Waals surface area contributed by atoms with Gasteiger partial charge in [-0.2, -0.15) is 0 Å². The van der Waals surface area contributed by atoms with E-state index in [0.717, 1.165) is 31.6 Å². The molecule has 11 nitrogen and oxygen atoms in total. The van der Waals surface area contributed by atoms with Gasteiger partial charge in [-0.1, -0.05) is 42.8 Å². The predicted octanol–water partition coefficient (Wildman–Crippen LogP) is 5.22. The molecule has 0 aliphatic carbocycles. The highest BCUT2D eigenvalue weighted by atomic mass is 16.6. The fourth-order valence-corrected chi connectivity index (χ4v) is 5.46. The summed E-state index contributed by atoms with van der Waals surface area (Å²) < 4.78 is 22.7. The second-order valence-electron chi connectivity index (χ2n) is 10.7. The second kappa shape index (κ2) is 15.3. The zero-order valence-electron chi connectivity index (χ0n) is 24.9. The number of nitrogens with one attached hydrogen (secondary N) is 1. The maximum atomic E-state index is 13.8. The number of amidine groups is 1. The third kappa shape index (κ3) is 7.91. The number of hydrogen-bond acceptors (Lipinski definition) is 10. The lowest BCUT2D eigenvalue weighted by atomic mass is 9.95. The maximum absolute atomic E-state index is 13.8. The number of rotatable bonds is 14. The average Bonchev–Trinajstić information content (AvgIpc) is 3.61. The van der Waals surface area contributed by atoms with Crippen LogP contribution in [0.5, 0.6) is 5.75 Å². The normalized spacial score (nSPS) is 17.1. The molecule has 0 amide bonds. The number of carbonyl (C=O) groups is 1. The number of nitrogens with zero attached hydrogens (tertiary/aromatic N) is 3. The highest BCUT2D eigenvalue weighted by molar-refractivity contribution is 6.02. The molecule has 0 radical (unpaired) electrons. The summed E-state index contributed by atoms with van der Waals surface area (Å²) >= 11 is 0. The topological polar surface area (TPSA) is 129 Å². The van der Waals surface area contributed by atoms with Gasteiger partial charge in [-0.05, 0) is 68.1 Å². The molecule has 0 bridgehead atoms. The molecule has 2 aliphatic heterocycles. The molecular weight excluding hydrogens is 564 g/mol. The first-order chi connectivity index (χ1) is 21.5. The standard InChI is InChI=1S/C33H38N4O7/c1-41-28-15-14-25(22-27(28)37(39)40)31-30(33(38)44-20-8-12-24-10-4-2-5-11-24)26(34-32(35-31)29-13-9-19-43-29)23-42-21-18-36-16-6-3-7-17-36/h2,4-5,9-11,13-15,19,22,31H,3,6-8,12,16-18,20-21,23H2,1H3,(H,34,35). The van der Waals surface area contributed by atoms with Crippen LogP contribution in [0, 0.1) is 10.1 Å². The van der Waals surface area contributed by atoms with Crippen LogP contribution in [0.1, 0.15) is 48.6 Å². The molecule has 1 unspecified atom stereocenters. The van der Waals surface area contributed by atoms with Crippen LogP contribution in [-0.4, -0.2) is 68.2 Å². The van der Waals surface area contributed by atoms with Crippen molar-refractivity contribution < 1.29 is 28.3 Å². The van der Waals surface area contributed by atoms with Crippen molar-refractivity contribution >= 4 is 17.5 Å². The number of furan rings is 1. The number of aryl methyl sites for hydroxylation is 1. The van der Waals surface area contributed by atoms with Crippen LogP contribution in [0.4, 0.5) is 5.69 Å². The first-order valence-electron chi connectivity index (χ1n) is 15.0. The Bertz CT molecular complexity index is 1460. The molecule has 1 saturated heterocycles. The zero-order valence-corrected chi connectivity index (χ0v) is 24.9. The van der Waals surface area contributed by atoms with Crippen molar-refractivity contribution in [1.82, 2.24) is 10.2 Å². The zero-order chi connectivity index (χ0) is 30.7. The van der Waals surface area contributed by atoms with E-state index in [1.54, 1.807) is 18.2 Å². The average molecular weight is 603 g/mol. The monoisotopic (exact) mass is 602 g/mol. The molecule has 0 spiro atoms. The van der Waals surface area contributed by atoms with Gasteiger partial charge in [-0.25, -0.2) is 4.79 Å². The van der Waals surface area contributed by atoms with Crippen molar-refractivity contribution in [2.75, 3.05) is 46.6 Å².